The molecule has 2 N–H and O–H groups in total. The predicted molar refractivity (Wildman–Crippen MR) is 99.4 cm³/mol. The lowest BCUT2D eigenvalue weighted by Gasteiger charge is -2.27. The third-order valence-electron chi connectivity index (χ3n) is 3.49. The molecule has 0 aromatic carbocycles. The molecule has 0 radical (unpaired) electrons. The summed E-state index contributed by atoms with van der Waals surface area (Å²) in [6, 6.07) is 0. The zero-order valence-electron chi connectivity index (χ0n) is 13.5. The van der Waals surface area contributed by atoms with E-state index in [1.165, 1.54) is 7.11 Å². The maximum Gasteiger partial charge on any atom is 0.349 e. The molecule has 2 rings (SSSR count). The minimum Gasteiger partial charge on any atom is -0.465 e. The van der Waals surface area contributed by atoms with Crippen LogP contribution >= 0.6 is 36.2 Å². The minimum atomic E-state index is -3.72. The molecule has 0 saturated carbocycles. The second-order valence-electron chi connectivity index (χ2n) is 5.06. The highest BCUT2D eigenvalue weighted by molar-refractivity contribution is 7.89. The third-order valence-corrected chi connectivity index (χ3v) is 6.34. The highest BCUT2D eigenvalue weighted by atomic mass is 35.5. The Bertz CT molecular complexity index is 631. The number of ether oxygens (including phenoxy) is 1. The molecule has 0 spiro atoms. The van der Waals surface area contributed by atoms with Crippen molar-refractivity contribution in [3.05, 3.63) is 15.8 Å². The molecular formula is C13H23Cl2N3O4S2. The first-order valence-corrected chi connectivity index (χ1v) is 9.41. The molecule has 7 nitrogen and oxygen atoms in total. The van der Waals surface area contributed by atoms with Crippen LogP contribution < -0.4 is 10.0 Å². The van der Waals surface area contributed by atoms with Crippen molar-refractivity contribution in [3.63, 3.8) is 0 Å². The first-order valence-electron chi connectivity index (χ1n) is 7.05. The van der Waals surface area contributed by atoms with Crippen LogP contribution in [0.1, 0.15) is 15.2 Å². The van der Waals surface area contributed by atoms with E-state index in [2.05, 4.69) is 19.7 Å². The van der Waals surface area contributed by atoms with Crippen LogP contribution in [0.3, 0.4) is 0 Å². The van der Waals surface area contributed by atoms with Gasteiger partial charge in [-0.1, -0.05) is 0 Å². The van der Waals surface area contributed by atoms with E-state index in [1.807, 2.05) is 0 Å². The first kappa shape index (κ1) is 23.6. The molecule has 1 saturated heterocycles. The monoisotopic (exact) mass is 419 g/mol. The largest absolute Gasteiger partial charge is 0.465 e. The predicted octanol–water partition coefficient (Wildman–Crippen LogP) is 0.870. The zero-order chi connectivity index (χ0) is 16.2. The molecule has 2 heterocycles. The number of nitrogens with one attached hydrogen (secondary N) is 2. The van der Waals surface area contributed by atoms with Crippen LogP contribution in [0.5, 0.6) is 0 Å². The number of hydrogen-bond donors (Lipinski definition) is 2. The number of carbonyl (C=O) groups excluding carboxylic acids is 1. The molecule has 0 amide bonds. The summed E-state index contributed by atoms with van der Waals surface area (Å²) in [5, 5.41) is 4.90. The number of halogens is 2. The van der Waals surface area contributed by atoms with E-state index in [1.54, 1.807) is 12.3 Å². The number of aryl methyl sites for hydroxylation is 1. The Hall–Kier alpha value is -0.420. The molecule has 11 heteroatoms. The molecule has 140 valence electrons. The van der Waals surface area contributed by atoms with Gasteiger partial charge >= 0.3 is 5.97 Å². The van der Waals surface area contributed by atoms with Crippen LogP contribution in [0.25, 0.3) is 0 Å². The Morgan fingerprint density at radius 2 is 2.00 bits per heavy atom. The lowest BCUT2D eigenvalue weighted by atomic mass is 10.3. The molecular weight excluding hydrogens is 397 g/mol. The zero-order valence-corrected chi connectivity index (χ0v) is 16.8. The first-order chi connectivity index (χ1) is 10.5. The van der Waals surface area contributed by atoms with E-state index in [4.69, 9.17) is 0 Å². The van der Waals surface area contributed by atoms with E-state index in [0.717, 1.165) is 37.5 Å². The van der Waals surface area contributed by atoms with Crippen molar-refractivity contribution in [3.8, 4) is 0 Å². The number of carbonyl (C=O) groups is 1. The molecule has 1 fully saturated rings. The number of rotatable bonds is 6. The molecule has 0 unspecified atom stereocenters. The molecule has 1 aliphatic rings. The summed E-state index contributed by atoms with van der Waals surface area (Å²) in [6.45, 7) is 6.30. The van der Waals surface area contributed by atoms with Gasteiger partial charge in [0.1, 0.15) is 9.77 Å². The Morgan fingerprint density at radius 1 is 1.38 bits per heavy atom. The number of sulfonamides is 1. The van der Waals surface area contributed by atoms with Crippen molar-refractivity contribution in [2.45, 2.75) is 11.8 Å². The van der Waals surface area contributed by atoms with Crippen molar-refractivity contribution in [2.75, 3.05) is 46.4 Å². The van der Waals surface area contributed by atoms with Gasteiger partial charge in [-0.05, 0) is 17.9 Å². The summed E-state index contributed by atoms with van der Waals surface area (Å²) in [5.41, 5.74) is 0.556. The molecule has 0 aliphatic carbocycles. The Balaban J connectivity index is 0.00000264. The maximum atomic E-state index is 12.5. The number of piperazine rings is 1. The second-order valence-corrected chi connectivity index (χ2v) is 7.64. The van der Waals surface area contributed by atoms with E-state index >= 15 is 0 Å². The fourth-order valence-electron chi connectivity index (χ4n) is 2.35. The van der Waals surface area contributed by atoms with Gasteiger partial charge < -0.3 is 10.1 Å². The highest BCUT2D eigenvalue weighted by Gasteiger charge is 2.27. The van der Waals surface area contributed by atoms with Gasteiger partial charge in [0.2, 0.25) is 10.0 Å². The summed E-state index contributed by atoms with van der Waals surface area (Å²) in [4.78, 5) is 14.0. The van der Waals surface area contributed by atoms with Gasteiger partial charge in [0.25, 0.3) is 0 Å². The molecule has 1 aromatic heterocycles. The number of esters is 1. The molecule has 1 aliphatic heterocycles. The maximum absolute atomic E-state index is 12.5. The highest BCUT2D eigenvalue weighted by Crippen LogP contribution is 2.27. The number of nitrogens with zero attached hydrogens (tertiary/aromatic N) is 1. The summed E-state index contributed by atoms with van der Waals surface area (Å²) >= 11 is 1.08. The van der Waals surface area contributed by atoms with Crippen LogP contribution in [-0.2, 0) is 14.8 Å². The topological polar surface area (TPSA) is 87.7 Å². The average molecular weight is 420 g/mol. The Labute approximate surface area is 159 Å². The van der Waals surface area contributed by atoms with E-state index in [0.29, 0.717) is 18.7 Å². The second kappa shape index (κ2) is 10.5. The van der Waals surface area contributed by atoms with Crippen molar-refractivity contribution in [1.29, 1.82) is 0 Å². The smallest absolute Gasteiger partial charge is 0.349 e. The van der Waals surface area contributed by atoms with E-state index in [-0.39, 0.29) is 34.6 Å². The van der Waals surface area contributed by atoms with Crippen molar-refractivity contribution in [2.24, 2.45) is 0 Å². The standard InChI is InChI=1S/C13H21N3O4S2.2ClH/c1-10-9-21-11(13(17)20-2)12(10)22(18,19)15-5-8-16-6-3-14-4-7-16;;/h9,14-15H,3-8H2,1-2H3;2*1H. The van der Waals surface area contributed by atoms with Crippen LogP contribution in [0.15, 0.2) is 10.3 Å². The minimum absolute atomic E-state index is 0. The quantitative estimate of drug-likeness (QED) is 0.665. The number of methoxy groups -OCH3 is 1. The van der Waals surface area contributed by atoms with Crippen LogP contribution in [0.2, 0.25) is 0 Å². The third kappa shape index (κ3) is 5.83. The fourth-order valence-corrected chi connectivity index (χ4v) is 5.07. The molecule has 0 atom stereocenters. The van der Waals surface area contributed by atoms with Gasteiger partial charge in [-0.3, -0.25) is 4.90 Å². The van der Waals surface area contributed by atoms with Crippen LogP contribution in [0.4, 0.5) is 0 Å². The molecule has 24 heavy (non-hydrogen) atoms. The summed E-state index contributed by atoms with van der Waals surface area (Å²) in [7, 11) is -2.48. The van der Waals surface area contributed by atoms with Gasteiger partial charge in [0, 0.05) is 39.3 Å². The van der Waals surface area contributed by atoms with E-state index in [9.17, 15) is 13.2 Å². The van der Waals surface area contributed by atoms with Gasteiger partial charge in [0.15, 0.2) is 0 Å². The fraction of sp³-hybridized carbons (Fsp3) is 0.615. The SMILES string of the molecule is COC(=O)c1scc(C)c1S(=O)(=O)NCCN1CCNCC1.Cl.Cl. The van der Waals surface area contributed by atoms with Gasteiger partial charge in [0.05, 0.1) is 7.11 Å². The van der Waals surface area contributed by atoms with E-state index < -0.39 is 16.0 Å². The van der Waals surface area contributed by atoms with Crippen molar-refractivity contribution < 1.29 is 17.9 Å². The van der Waals surface area contributed by atoms with Gasteiger partial charge in [-0.25, -0.2) is 17.9 Å². The van der Waals surface area contributed by atoms with Gasteiger partial charge in [-0.15, -0.1) is 36.2 Å². The average Bonchev–Trinajstić information content (AvgIpc) is 2.90. The summed E-state index contributed by atoms with van der Waals surface area (Å²) < 4.78 is 32.1. The summed E-state index contributed by atoms with van der Waals surface area (Å²) in [6.07, 6.45) is 0. The van der Waals surface area contributed by atoms with Crippen LogP contribution in [-0.4, -0.2) is 65.7 Å². The van der Waals surface area contributed by atoms with Crippen molar-refractivity contribution >= 4 is 52.1 Å². The number of hydrogen-bond acceptors (Lipinski definition) is 7. The summed E-state index contributed by atoms with van der Waals surface area (Å²) in [5.74, 6) is -0.624. The lowest BCUT2D eigenvalue weighted by molar-refractivity contribution is 0.0602. The Morgan fingerprint density at radius 3 is 2.58 bits per heavy atom. The Kier molecular flexibility index (Phi) is 10.4. The molecule has 0 bridgehead atoms. The normalized spacial score (nSPS) is 15.2. The molecule has 1 aromatic rings. The van der Waals surface area contributed by atoms with Gasteiger partial charge in [-0.2, -0.15) is 0 Å². The number of thiophene rings is 1. The van der Waals surface area contributed by atoms with Crippen molar-refractivity contribution in [1.82, 2.24) is 14.9 Å². The lowest BCUT2D eigenvalue weighted by Crippen LogP contribution is -2.46. The van der Waals surface area contributed by atoms with Crippen LogP contribution in [0, 0.1) is 6.92 Å².